The molecule has 0 fully saturated rings. The van der Waals surface area contributed by atoms with Crippen LogP contribution >= 0.6 is 0 Å². The van der Waals surface area contributed by atoms with Crippen LogP contribution in [0.3, 0.4) is 0 Å². The highest BCUT2D eigenvalue weighted by molar-refractivity contribution is 6.15. The number of aromatic nitrogens is 3. The predicted octanol–water partition coefficient (Wildman–Crippen LogP) is 10.7. The van der Waals surface area contributed by atoms with Crippen molar-refractivity contribution in [2.45, 2.75) is 19.3 Å². The average Bonchev–Trinajstić information content (AvgIpc) is 3.66. The Morgan fingerprint density at radius 1 is 0.543 bits per heavy atom. The summed E-state index contributed by atoms with van der Waals surface area (Å²) < 4.78 is 48.3. The van der Waals surface area contributed by atoms with Gasteiger partial charge in [0.1, 0.15) is 11.2 Å². The molecule has 0 bridgehead atoms. The summed E-state index contributed by atoms with van der Waals surface area (Å²) in [5.74, 6) is 1.53. The first-order valence-corrected chi connectivity index (χ1v) is 15.2. The molecule has 46 heavy (non-hydrogen) atoms. The molecule has 0 aliphatic heterocycles. The Bertz CT molecular complexity index is 2710. The first-order chi connectivity index (χ1) is 24.6. The van der Waals surface area contributed by atoms with Crippen LogP contribution in [0.2, 0.25) is 0 Å². The molecular weight excluding hydrogens is 562 g/mol. The number of hydrogen-bond donors (Lipinski definition) is 0. The molecule has 0 spiro atoms. The molecule has 8 aromatic rings. The lowest BCUT2D eigenvalue weighted by Crippen LogP contribution is -2.15. The first kappa shape index (κ1) is 21.8. The van der Waals surface area contributed by atoms with Crippen molar-refractivity contribution in [3.8, 4) is 56.4 Å². The van der Waals surface area contributed by atoms with Gasteiger partial charge in [0, 0.05) is 38.4 Å². The lowest BCUT2D eigenvalue weighted by atomic mass is 9.82. The number of furan rings is 1. The molecule has 1 aliphatic carbocycles. The van der Waals surface area contributed by atoms with Gasteiger partial charge >= 0.3 is 0 Å². The van der Waals surface area contributed by atoms with E-state index in [-0.39, 0.29) is 23.1 Å². The van der Waals surface area contributed by atoms with E-state index in [1.54, 1.807) is 6.07 Å². The molecular formula is C42H29N3O. The predicted molar refractivity (Wildman–Crippen MR) is 186 cm³/mol. The van der Waals surface area contributed by atoms with Gasteiger partial charge in [0.15, 0.2) is 17.5 Å². The number of fused-ring (bicyclic) bond motifs is 6. The topological polar surface area (TPSA) is 51.8 Å². The summed E-state index contributed by atoms with van der Waals surface area (Å²) in [7, 11) is 0. The summed E-state index contributed by atoms with van der Waals surface area (Å²) in [4.78, 5) is 15.1. The summed E-state index contributed by atoms with van der Waals surface area (Å²) in [6, 6.07) is 34.1. The fourth-order valence-corrected chi connectivity index (χ4v) is 6.80. The molecule has 2 aromatic heterocycles. The van der Waals surface area contributed by atoms with Gasteiger partial charge in [-0.15, -0.1) is 0 Å². The minimum atomic E-state index is -0.441. The van der Waals surface area contributed by atoms with Gasteiger partial charge < -0.3 is 4.42 Å². The molecule has 0 saturated heterocycles. The van der Waals surface area contributed by atoms with Gasteiger partial charge in [-0.2, -0.15) is 0 Å². The van der Waals surface area contributed by atoms with Gasteiger partial charge in [-0.3, -0.25) is 0 Å². The van der Waals surface area contributed by atoms with Crippen LogP contribution < -0.4 is 0 Å². The monoisotopic (exact) mass is 596 g/mol. The Hall–Kier alpha value is -5.87. The zero-order valence-corrected chi connectivity index (χ0v) is 25.1. The van der Waals surface area contributed by atoms with Crippen LogP contribution in [-0.2, 0) is 5.41 Å². The van der Waals surface area contributed by atoms with Gasteiger partial charge in [-0.05, 0) is 39.9 Å². The molecule has 2 heterocycles. The maximum absolute atomic E-state index is 8.64. The maximum Gasteiger partial charge on any atom is 0.164 e. The second kappa shape index (κ2) is 10.1. The fraction of sp³-hybridized carbons (Fsp3) is 0.0714. The minimum absolute atomic E-state index is 0.0858. The van der Waals surface area contributed by atoms with Crippen LogP contribution in [0.15, 0.2) is 144 Å². The summed E-state index contributed by atoms with van der Waals surface area (Å²) in [5, 5.41) is 1.47. The van der Waals surface area contributed by atoms with Crippen molar-refractivity contribution in [1.82, 2.24) is 15.0 Å². The van der Waals surface area contributed by atoms with Gasteiger partial charge in [0.25, 0.3) is 0 Å². The zero-order valence-electron chi connectivity index (χ0n) is 30.1. The lowest BCUT2D eigenvalue weighted by Gasteiger charge is -2.21. The summed E-state index contributed by atoms with van der Waals surface area (Å²) in [5.41, 5.74) is 8.68. The Morgan fingerprint density at radius 3 is 2.07 bits per heavy atom. The van der Waals surface area contributed by atoms with Crippen LogP contribution in [0.5, 0.6) is 0 Å². The second-order valence-electron chi connectivity index (χ2n) is 12.1. The van der Waals surface area contributed by atoms with Crippen LogP contribution in [0.25, 0.3) is 78.4 Å². The normalized spacial score (nSPS) is 14.7. The van der Waals surface area contributed by atoms with Gasteiger partial charge in [-0.1, -0.05) is 141 Å². The highest BCUT2D eigenvalue weighted by Crippen LogP contribution is 2.49. The van der Waals surface area contributed by atoms with Crippen LogP contribution in [-0.4, -0.2) is 15.0 Å². The van der Waals surface area contributed by atoms with Crippen molar-refractivity contribution in [3.05, 3.63) is 151 Å². The molecule has 6 aromatic carbocycles. The third-order valence-corrected chi connectivity index (χ3v) is 9.04. The lowest BCUT2D eigenvalue weighted by molar-refractivity contribution is 0.660. The van der Waals surface area contributed by atoms with Crippen molar-refractivity contribution in [1.29, 1.82) is 0 Å². The largest absolute Gasteiger partial charge is 0.455 e. The van der Waals surface area contributed by atoms with E-state index in [1.165, 1.54) is 22.3 Å². The van der Waals surface area contributed by atoms with Crippen molar-refractivity contribution in [2.24, 2.45) is 0 Å². The number of nitrogens with zero attached hydrogens (tertiary/aromatic N) is 3. The molecule has 0 amide bonds. The standard InChI is InChI=1S/C42H29N3O/c1-42(2)34-21-10-9-17-30(34)31-24-23-28(25-35(31)42)40-43-39(27-15-7-4-8-16-27)44-41(45-40)33-20-12-22-36-37(33)32-19-11-18-29(38(32)46-36)26-13-5-3-6-14-26/h3-25H,1-2H3/i3D,5D,6D,13D,14D. The fourth-order valence-electron chi connectivity index (χ4n) is 6.80. The van der Waals surface area contributed by atoms with E-state index in [2.05, 4.69) is 56.3 Å². The van der Waals surface area contributed by atoms with Crippen molar-refractivity contribution in [3.63, 3.8) is 0 Å². The Morgan fingerprint density at radius 2 is 1.22 bits per heavy atom. The first-order valence-electron chi connectivity index (χ1n) is 17.7. The van der Waals surface area contributed by atoms with E-state index in [1.807, 2.05) is 60.7 Å². The minimum Gasteiger partial charge on any atom is -0.455 e. The number of benzene rings is 6. The van der Waals surface area contributed by atoms with Crippen LogP contribution in [0, 0.1) is 0 Å². The van der Waals surface area contributed by atoms with Crippen molar-refractivity contribution >= 4 is 21.9 Å². The van der Waals surface area contributed by atoms with Gasteiger partial charge in [0.2, 0.25) is 0 Å². The van der Waals surface area contributed by atoms with Gasteiger partial charge in [-0.25, -0.2) is 15.0 Å². The van der Waals surface area contributed by atoms with Crippen molar-refractivity contribution in [2.75, 3.05) is 0 Å². The number of hydrogen-bond acceptors (Lipinski definition) is 4. The van der Waals surface area contributed by atoms with E-state index >= 15 is 0 Å². The molecule has 1 aliphatic rings. The van der Waals surface area contributed by atoms with E-state index in [4.69, 9.17) is 26.2 Å². The molecule has 0 saturated carbocycles. The average molecular weight is 597 g/mol. The van der Waals surface area contributed by atoms with E-state index < -0.39 is 18.1 Å². The molecule has 0 N–H and O–H groups in total. The smallest absolute Gasteiger partial charge is 0.164 e. The quantitative estimate of drug-likeness (QED) is 0.203. The molecule has 0 atom stereocenters. The summed E-state index contributed by atoms with van der Waals surface area (Å²) in [6.07, 6.45) is 0. The molecule has 218 valence electrons. The highest BCUT2D eigenvalue weighted by atomic mass is 16.3. The van der Waals surface area contributed by atoms with E-state index in [0.29, 0.717) is 39.6 Å². The number of rotatable bonds is 4. The molecule has 4 heteroatoms. The zero-order chi connectivity index (χ0) is 35.2. The molecule has 4 nitrogen and oxygen atoms in total. The Labute approximate surface area is 274 Å². The summed E-state index contributed by atoms with van der Waals surface area (Å²) >= 11 is 0. The van der Waals surface area contributed by atoms with Gasteiger partial charge in [0.05, 0.1) is 6.85 Å². The molecule has 0 radical (unpaired) electrons. The highest BCUT2D eigenvalue weighted by Gasteiger charge is 2.35. The Balaban J connectivity index is 1.27. The van der Waals surface area contributed by atoms with Crippen LogP contribution in [0.4, 0.5) is 0 Å². The van der Waals surface area contributed by atoms with E-state index in [9.17, 15) is 0 Å². The molecule has 0 unspecified atom stereocenters. The van der Waals surface area contributed by atoms with E-state index in [0.717, 1.165) is 22.1 Å². The van der Waals surface area contributed by atoms with Crippen LogP contribution in [0.1, 0.15) is 31.8 Å². The maximum atomic E-state index is 8.64. The third-order valence-electron chi connectivity index (χ3n) is 9.04. The summed E-state index contributed by atoms with van der Waals surface area (Å²) in [6.45, 7) is 4.50. The third kappa shape index (κ3) is 4.04. The Kier molecular flexibility index (Phi) is 4.77. The second-order valence-corrected chi connectivity index (χ2v) is 12.1. The molecule has 9 rings (SSSR count). The van der Waals surface area contributed by atoms with Crippen molar-refractivity contribution < 1.29 is 11.3 Å². The number of para-hydroxylation sites is 1. The SMILES string of the molecule is [2H]c1c([2H])c([2H])c(-c2cccc3c2oc2cccc(-c4nc(-c5ccccc5)nc(-c5ccc6c(c5)C(C)(C)c5ccccc5-6)n4)c23)c([2H])c1[2H].